The number of ether oxygens (including phenoxy) is 2. The molecule has 7 atom stereocenters. The summed E-state index contributed by atoms with van der Waals surface area (Å²) < 4.78 is 11.2. The highest BCUT2D eigenvalue weighted by Crippen LogP contribution is 2.23. The second kappa shape index (κ2) is 37.4. The van der Waals surface area contributed by atoms with Crippen LogP contribution in [0.15, 0.2) is 48.6 Å². The van der Waals surface area contributed by atoms with E-state index in [2.05, 4.69) is 55.6 Å². The van der Waals surface area contributed by atoms with Gasteiger partial charge in [-0.3, -0.25) is 4.79 Å². The number of nitrogens with one attached hydrogen (secondary N) is 1. The Kier molecular flexibility index (Phi) is 34.9. The van der Waals surface area contributed by atoms with Crippen molar-refractivity contribution in [2.24, 2.45) is 0 Å². The summed E-state index contributed by atoms with van der Waals surface area (Å²) in [6, 6.07) is -0.757. The van der Waals surface area contributed by atoms with Gasteiger partial charge in [-0.15, -0.1) is 0 Å². The number of unbranched alkanes of at least 4 members (excludes halogenated alkanes) is 19. The largest absolute Gasteiger partial charge is 0.394 e. The molecule has 1 heterocycles. The van der Waals surface area contributed by atoms with Crippen molar-refractivity contribution in [1.82, 2.24) is 5.32 Å². The van der Waals surface area contributed by atoms with Gasteiger partial charge in [0.15, 0.2) is 6.29 Å². The zero-order chi connectivity index (χ0) is 40.9. The molecule has 1 fully saturated rings. The van der Waals surface area contributed by atoms with Crippen LogP contribution in [-0.4, -0.2) is 87.5 Å². The van der Waals surface area contributed by atoms with E-state index in [4.69, 9.17) is 9.47 Å². The molecule has 0 aromatic rings. The van der Waals surface area contributed by atoms with E-state index >= 15 is 0 Å². The third-order valence-electron chi connectivity index (χ3n) is 10.7. The number of hydrogen-bond donors (Lipinski definition) is 6. The monoisotopic (exact) mass is 792 g/mol. The van der Waals surface area contributed by atoms with Gasteiger partial charge in [-0.1, -0.05) is 191 Å². The number of aliphatic hydroxyl groups is 5. The molecule has 0 bridgehead atoms. The topological polar surface area (TPSA) is 149 Å². The maximum absolute atomic E-state index is 12.9. The van der Waals surface area contributed by atoms with Gasteiger partial charge in [-0.2, -0.15) is 0 Å². The predicted octanol–water partition coefficient (Wildman–Crippen LogP) is 9.45. The highest BCUT2D eigenvalue weighted by molar-refractivity contribution is 5.76. The van der Waals surface area contributed by atoms with Crippen LogP contribution >= 0.6 is 0 Å². The van der Waals surface area contributed by atoms with E-state index in [0.717, 1.165) is 44.9 Å². The molecular formula is C47H85NO8. The number of carbonyl (C=O) groups is 1. The van der Waals surface area contributed by atoms with Crippen LogP contribution < -0.4 is 5.32 Å². The van der Waals surface area contributed by atoms with Gasteiger partial charge in [0, 0.05) is 6.42 Å². The number of aliphatic hydroxyl groups excluding tert-OH is 5. The molecule has 0 radical (unpaired) electrons. The van der Waals surface area contributed by atoms with E-state index in [9.17, 15) is 30.3 Å². The van der Waals surface area contributed by atoms with Crippen LogP contribution in [0.4, 0.5) is 0 Å². The van der Waals surface area contributed by atoms with E-state index in [0.29, 0.717) is 12.8 Å². The zero-order valence-electron chi connectivity index (χ0n) is 35.6. The number of rotatable bonds is 37. The normalized spacial score (nSPS) is 21.6. The number of carbonyl (C=O) groups excluding carboxylic acids is 1. The van der Waals surface area contributed by atoms with E-state index in [-0.39, 0.29) is 18.9 Å². The average molecular weight is 792 g/mol. The summed E-state index contributed by atoms with van der Waals surface area (Å²) in [6.07, 6.45) is 40.0. The minimum absolute atomic E-state index is 0.168. The van der Waals surface area contributed by atoms with E-state index in [1.165, 1.54) is 109 Å². The van der Waals surface area contributed by atoms with Crippen molar-refractivity contribution < 1.29 is 39.8 Å². The molecule has 6 N–H and O–H groups in total. The standard InChI is InChI=1S/C47H85NO8/c1-3-5-7-9-11-13-15-17-18-19-20-21-22-23-25-26-28-30-32-34-36-41(50)40(39-55-47-46(54)45(53)44(52)42(38-49)56-47)48-43(51)37-35-33-31-29-27-24-16-14-12-10-8-6-4-2/h6,8,12,14,24,27,31,33,40-42,44-47,49-50,52-54H,3-5,7,9-11,13,15-23,25-26,28-30,32,34-39H2,1-2H3,(H,48,51)/b8-6-,14-12-,27-24-,33-31-. The van der Waals surface area contributed by atoms with Gasteiger partial charge >= 0.3 is 0 Å². The molecule has 0 aromatic carbocycles. The number of hydrogen-bond acceptors (Lipinski definition) is 8. The molecule has 1 rings (SSSR count). The third kappa shape index (κ3) is 27.7. The Balaban J connectivity index is 2.35. The van der Waals surface area contributed by atoms with Crippen LogP contribution in [-0.2, 0) is 14.3 Å². The van der Waals surface area contributed by atoms with Crippen molar-refractivity contribution in [1.29, 1.82) is 0 Å². The lowest BCUT2D eigenvalue weighted by molar-refractivity contribution is -0.302. The fraction of sp³-hybridized carbons (Fsp3) is 0.809. The fourth-order valence-corrected chi connectivity index (χ4v) is 7.05. The van der Waals surface area contributed by atoms with Crippen molar-refractivity contribution in [3.05, 3.63) is 48.6 Å². The minimum Gasteiger partial charge on any atom is -0.394 e. The van der Waals surface area contributed by atoms with Crippen molar-refractivity contribution in [3.8, 4) is 0 Å². The number of amides is 1. The summed E-state index contributed by atoms with van der Waals surface area (Å²) in [5.41, 5.74) is 0. The SMILES string of the molecule is CC/C=C\C/C=C\C/C=C\C/C=C\CCC(=O)NC(COC1OC(CO)C(O)C(O)C1O)C(O)CCCCCCCCCCCCCCCCCCCCCC. The average Bonchev–Trinajstić information content (AvgIpc) is 3.20. The summed E-state index contributed by atoms with van der Waals surface area (Å²) in [4.78, 5) is 12.9. The fourth-order valence-electron chi connectivity index (χ4n) is 7.05. The lowest BCUT2D eigenvalue weighted by Gasteiger charge is -2.40. The first-order valence-electron chi connectivity index (χ1n) is 22.8. The first-order chi connectivity index (χ1) is 27.3. The maximum atomic E-state index is 12.9. The molecule has 9 nitrogen and oxygen atoms in total. The van der Waals surface area contributed by atoms with Crippen molar-refractivity contribution in [2.75, 3.05) is 13.2 Å². The van der Waals surface area contributed by atoms with E-state index in [1.54, 1.807) is 0 Å². The molecule has 7 unspecified atom stereocenters. The minimum atomic E-state index is -1.57. The molecule has 1 amide bonds. The first kappa shape index (κ1) is 52.2. The van der Waals surface area contributed by atoms with Gasteiger partial charge in [0.2, 0.25) is 5.91 Å². The first-order valence-corrected chi connectivity index (χ1v) is 22.8. The summed E-state index contributed by atoms with van der Waals surface area (Å²) in [5.74, 6) is -0.225. The molecule has 56 heavy (non-hydrogen) atoms. The molecule has 0 aliphatic carbocycles. The maximum Gasteiger partial charge on any atom is 0.220 e. The van der Waals surface area contributed by atoms with E-state index in [1.807, 2.05) is 12.2 Å². The molecule has 1 aliphatic heterocycles. The van der Waals surface area contributed by atoms with Crippen molar-refractivity contribution >= 4 is 5.91 Å². The quantitative estimate of drug-likeness (QED) is 0.0269. The molecule has 326 valence electrons. The molecule has 9 heteroatoms. The summed E-state index contributed by atoms with van der Waals surface area (Å²) in [5, 5.41) is 54.2. The van der Waals surface area contributed by atoms with Crippen LogP contribution in [0.1, 0.15) is 187 Å². The van der Waals surface area contributed by atoms with Crippen molar-refractivity contribution in [3.63, 3.8) is 0 Å². The predicted molar refractivity (Wildman–Crippen MR) is 230 cm³/mol. The Morgan fingerprint density at radius 2 is 1.07 bits per heavy atom. The van der Waals surface area contributed by atoms with Gasteiger partial charge < -0.3 is 40.3 Å². The highest BCUT2D eigenvalue weighted by atomic mass is 16.7. The van der Waals surface area contributed by atoms with Crippen LogP contribution in [0.3, 0.4) is 0 Å². The lowest BCUT2D eigenvalue weighted by atomic mass is 9.99. The Morgan fingerprint density at radius 1 is 0.625 bits per heavy atom. The van der Waals surface area contributed by atoms with Gasteiger partial charge in [-0.25, -0.2) is 0 Å². The van der Waals surface area contributed by atoms with Crippen LogP contribution in [0, 0.1) is 0 Å². The summed E-state index contributed by atoms with van der Waals surface area (Å²) >= 11 is 0. The van der Waals surface area contributed by atoms with Gasteiger partial charge in [0.05, 0.1) is 25.4 Å². The third-order valence-corrected chi connectivity index (χ3v) is 10.7. The summed E-state index contributed by atoms with van der Waals surface area (Å²) in [6.45, 7) is 3.67. The zero-order valence-corrected chi connectivity index (χ0v) is 35.6. The Labute approximate surface area is 342 Å². The molecular weight excluding hydrogens is 707 g/mol. The van der Waals surface area contributed by atoms with Gasteiger partial charge in [-0.05, 0) is 38.5 Å². The molecule has 1 saturated heterocycles. The smallest absolute Gasteiger partial charge is 0.220 e. The highest BCUT2D eigenvalue weighted by Gasteiger charge is 2.44. The lowest BCUT2D eigenvalue weighted by Crippen LogP contribution is -2.60. The molecule has 0 saturated carbocycles. The Morgan fingerprint density at radius 3 is 1.54 bits per heavy atom. The van der Waals surface area contributed by atoms with Crippen LogP contribution in [0.25, 0.3) is 0 Å². The second-order valence-corrected chi connectivity index (χ2v) is 15.8. The molecule has 0 spiro atoms. The Hall–Kier alpha value is -1.85. The second-order valence-electron chi connectivity index (χ2n) is 15.8. The Bertz CT molecular complexity index is 1010. The van der Waals surface area contributed by atoms with Crippen molar-refractivity contribution in [2.45, 2.75) is 230 Å². The van der Waals surface area contributed by atoms with Crippen LogP contribution in [0.2, 0.25) is 0 Å². The van der Waals surface area contributed by atoms with E-state index < -0.39 is 49.5 Å². The summed E-state index contributed by atoms with van der Waals surface area (Å²) in [7, 11) is 0. The molecule has 1 aliphatic rings. The molecule has 0 aromatic heterocycles. The van der Waals surface area contributed by atoms with Gasteiger partial charge in [0.25, 0.3) is 0 Å². The van der Waals surface area contributed by atoms with Crippen LogP contribution in [0.5, 0.6) is 0 Å². The van der Waals surface area contributed by atoms with Gasteiger partial charge in [0.1, 0.15) is 24.4 Å². The number of allylic oxidation sites excluding steroid dienone is 8.